The van der Waals surface area contributed by atoms with Gasteiger partial charge in [0, 0.05) is 18.7 Å². The van der Waals surface area contributed by atoms with E-state index < -0.39 is 0 Å². The fraction of sp³-hybridized carbons (Fsp3) is 0.385. The van der Waals surface area contributed by atoms with Crippen LogP contribution in [0, 0.1) is 0 Å². The average Bonchev–Trinajstić information content (AvgIpc) is 2.35. The Kier molecular flexibility index (Phi) is 6.68. The smallest absolute Gasteiger partial charge is 0.226 e. The van der Waals surface area contributed by atoms with E-state index in [1.54, 1.807) is 18.2 Å². The molecule has 0 radical (unpaired) electrons. The van der Waals surface area contributed by atoms with E-state index in [1.807, 2.05) is 6.07 Å². The Morgan fingerprint density at radius 3 is 2.94 bits per heavy atom. The van der Waals surface area contributed by atoms with Gasteiger partial charge in [-0.2, -0.15) is 0 Å². The maximum absolute atomic E-state index is 11.6. The van der Waals surface area contributed by atoms with Crippen LogP contribution < -0.4 is 11.1 Å². The van der Waals surface area contributed by atoms with Gasteiger partial charge in [-0.1, -0.05) is 12.1 Å². The van der Waals surface area contributed by atoms with Crippen molar-refractivity contribution in [1.82, 2.24) is 0 Å². The van der Waals surface area contributed by atoms with Gasteiger partial charge in [0.2, 0.25) is 5.91 Å². The second-order valence-corrected chi connectivity index (χ2v) is 3.77. The SMILES string of the molecule is NCCOCCC(=O)Nc1cccc(CC=O)c1. The molecule has 0 aliphatic rings. The minimum absolute atomic E-state index is 0.115. The molecule has 1 aromatic rings. The zero-order chi connectivity index (χ0) is 13.2. The van der Waals surface area contributed by atoms with Gasteiger partial charge < -0.3 is 20.6 Å². The molecule has 1 rings (SSSR count). The van der Waals surface area contributed by atoms with Crippen LogP contribution in [0.4, 0.5) is 5.69 Å². The minimum Gasteiger partial charge on any atom is -0.380 e. The molecule has 0 heterocycles. The van der Waals surface area contributed by atoms with Crippen LogP contribution in [0.3, 0.4) is 0 Å². The van der Waals surface area contributed by atoms with Gasteiger partial charge in [0.15, 0.2) is 0 Å². The molecule has 0 unspecified atom stereocenters. The van der Waals surface area contributed by atoms with Crippen molar-refractivity contribution in [3.63, 3.8) is 0 Å². The molecule has 0 aliphatic carbocycles. The van der Waals surface area contributed by atoms with Gasteiger partial charge in [-0.05, 0) is 17.7 Å². The fourth-order valence-electron chi connectivity index (χ4n) is 1.45. The summed E-state index contributed by atoms with van der Waals surface area (Å²) >= 11 is 0. The molecule has 0 bridgehead atoms. The number of aldehydes is 1. The number of benzene rings is 1. The highest BCUT2D eigenvalue weighted by atomic mass is 16.5. The third-order valence-corrected chi connectivity index (χ3v) is 2.27. The maximum Gasteiger partial charge on any atom is 0.226 e. The highest BCUT2D eigenvalue weighted by Crippen LogP contribution is 2.10. The number of carbonyl (C=O) groups excluding carboxylic acids is 2. The molecule has 1 aromatic carbocycles. The van der Waals surface area contributed by atoms with Crippen molar-refractivity contribution in [2.75, 3.05) is 25.1 Å². The van der Waals surface area contributed by atoms with Crippen LogP contribution in [0.5, 0.6) is 0 Å². The van der Waals surface area contributed by atoms with Crippen molar-refractivity contribution in [3.8, 4) is 0 Å². The van der Waals surface area contributed by atoms with Crippen LogP contribution in [-0.4, -0.2) is 32.0 Å². The van der Waals surface area contributed by atoms with Crippen LogP contribution >= 0.6 is 0 Å². The van der Waals surface area contributed by atoms with Gasteiger partial charge in [-0.25, -0.2) is 0 Å². The van der Waals surface area contributed by atoms with Crippen molar-refractivity contribution >= 4 is 17.9 Å². The van der Waals surface area contributed by atoms with Crippen LogP contribution in [-0.2, 0) is 20.7 Å². The van der Waals surface area contributed by atoms with E-state index in [2.05, 4.69) is 5.32 Å². The number of hydrogen-bond donors (Lipinski definition) is 2. The molecular formula is C13H18N2O3. The topological polar surface area (TPSA) is 81.4 Å². The molecule has 5 nitrogen and oxygen atoms in total. The van der Waals surface area contributed by atoms with Gasteiger partial charge in [0.25, 0.3) is 0 Å². The van der Waals surface area contributed by atoms with E-state index in [9.17, 15) is 9.59 Å². The highest BCUT2D eigenvalue weighted by Gasteiger charge is 2.02. The summed E-state index contributed by atoms with van der Waals surface area (Å²) in [6.45, 7) is 1.27. The van der Waals surface area contributed by atoms with Crippen molar-refractivity contribution in [2.24, 2.45) is 5.73 Å². The molecule has 1 amide bonds. The zero-order valence-electron chi connectivity index (χ0n) is 10.2. The van der Waals surface area contributed by atoms with E-state index >= 15 is 0 Å². The Hall–Kier alpha value is -1.72. The number of anilines is 1. The minimum atomic E-state index is -0.115. The van der Waals surface area contributed by atoms with Gasteiger partial charge in [0.1, 0.15) is 6.29 Å². The number of amides is 1. The third kappa shape index (κ3) is 5.56. The highest BCUT2D eigenvalue weighted by molar-refractivity contribution is 5.90. The summed E-state index contributed by atoms with van der Waals surface area (Å²) in [5, 5.41) is 2.75. The lowest BCUT2D eigenvalue weighted by Crippen LogP contribution is -2.16. The first-order valence-electron chi connectivity index (χ1n) is 5.86. The van der Waals surface area contributed by atoms with Crippen molar-refractivity contribution in [3.05, 3.63) is 29.8 Å². The summed E-state index contributed by atoms with van der Waals surface area (Å²) in [4.78, 5) is 21.9. The normalized spacial score (nSPS) is 10.1. The van der Waals surface area contributed by atoms with Gasteiger partial charge >= 0.3 is 0 Å². The summed E-state index contributed by atoms with van der Waals surface area (Å²) in [6, 6.07) is 7.22. The Morgan fingerprint density at radius 1 is 1.39 bits per heavy atom. The molecule has 0 saturated carbocycles. The van der Waals surface area contributed by atoms with E-state index in [-0.39, 0.29) is 12.3 Å². The first-order chi connectivity index (χ1) is 8.76. The third-order valence-electron chi connectivity index (χ3n) is 2.27. The Bertz CT molecular complexity index is 394. The van der Waals surface area contributed by atoms with Crippen LogP contribution in [0.1, 0.15) is 12.0 Å². The van der Waals surface area contributed by atoms with Gasteiger partial charge in [-0.3, -0.25) is 4.79 Å². The molecule has 5 heteroatoms. The summed E-state index contributed by atoms with van der Waals surface area (Å²) < 4.78 is 5.12. The fourth-order valence-corrected chi connectivity index (χ4v) is 1.45. The molecule has 98 valence electrons. The van der Waals surface area contributed by atoms with E-state index in [0.717, 1.165) is 11.8 Å². The Balaban J connectivity index is 2.38. The predicted molar refractivity (Wildman–Crippen MR) is 69.3 cm³/mol. The zero-order valence-corrected chi connectivity index (χ0v) is 10.2. The second-order valence-electron chi connectivity index (χ2n) is 3.77. The molecule has 0 aromatic heterocycles. The lowest BCUT2D eigenvalue weighted by Gasteiger charge is -2.06. The second kappa shape index (κ2) is 8.38. The maximum atomic E-state index is 11.6. The quantitative estimate of drug-likeness (QED) is 0.526. The van der Waals surface area contributed by atoms with Crippen molar-refractivity contribution < 1.29 is 14.3 Å². The largest absolute Gasteiger partial charge is 0.380 e. The number of nitrogens with two attached hydrogens (primary N) is 1. The van der Waals surface area contributed by atoms with Gasteiger partial charge in [-0.15, -0.1) is 0 Å². The summed E-state index contributed by atoms with van der Waals surface area (Å²) in [6.07, 6.45) is 1.48. The number of ether oxygens (including phenoxy) is 1. The molecule has 0 atom stereocenters. The lowest BCUT2D eigenvalue weighted by molar-refractivity contribution is -0.117. The van der Waals surface area contributed by atoms with E-state index in [1.165, 1.54) is 0 Å². The molecule has 18 heavy (non-hydrogen) atoms. The molecular weight excluding hydrogens is 232 g/mol. The van der Waals surface area contributed by atoms with E-state index in [4.69, 9.17) is 10.5 Å². The van der Waals surface area contributed by atoms with Crippen molar-refractivity contribution in [1.29, 1.82) is 0 Å². The number of rotatable bonds is 8. The Morgan fingerprint density at radius 2 is 2.22 bits per heavy atom. The van der Waals surface area contributed by atoms with Gasteiger partial charge in [0.05, 0.1) is 19.6 Å². The van der Waals surface area contributed by atoms with Crippen LogP contribution in [0.2, 0.25) is 0 Å². The first-order valence-corrected chi connectivity index (χ1v) is 5.86. The molecule has 0 saturated heterocycles. The number of carbonyl (C=O) groups is 2. The predicted octanol–water partition coefficient (Wildman–Crippen LogP) is 0.732. The van der Waals surface area contributed by atoms with E-state index in [0.29, 0.717) is 31.9 Å². The van der Waals surface area contributed by atoms with Crippen molar-refractivity contribution in [2.45, 2.75) is 12.8 Å². The number of nitrogens with one attached hydrogen (secondary N) is 1. The lowest BCUT2D eigenvalue weighted by atomic mass is 10.1. The van der Waals surface area contributed by atoms with Crippen LogP contribution in [0.15, 0.2) is 24.3 Å². The standard InChI is InChI=1S/C13H18N2O3/c14-6-9-18-8-5-13(17)15-12-3-1-2-11(10-12)4-7-16/h1-3,7,10H,4-6,8-9,14H2,(H,15,17). The monoisotopic (exact) mass is 250 g/mol. The number of hydrogen-bond acceptors (Lipinski definition) is 4. The molecule has 0 fully saturated rings. The summed E-state index contributed by atoms with van der Waals surface area (Å²) in [5.41, 5.74) is 6.83. The average molecular weight is 250 g/mol. The molecule has 0 aliphatic heterocycles. The molecule has 0 spiro atoms. The summed E-state index contributed by atoms with van der Waals surface area (Å²) in [5.74, 6) is -0.115. The first kappa shape index (κ1) is 14.3. The summed E-state index contributed by atoms with van der Waals surface area (Å²) in [7, 11) is 0. The Labute approximate surface area is 106 Å². The van der Waals surface area contributed by atoms with Crippen LogP contribution in [0.25, 0.3) is 0 Å². The molecule has 3 N–H and O–H groups in total.